The Bertz CT molecular complexity index is 656. The first-order chi connectivity index (χ1) is 11.6. The third-order valence-corrected chi connectivity index (χ3v) is 4.46. The molecule has 126 valence electrons. The molecule has 0 saturated carbocycles. The summed E-state index contributed by atoms with van der Waals surface area (Å²) in [6.45, 7) is 6.80. The Balaban J connectivity index is 1.57. The molecule has 1 heterocycles. The molecule has 24 heavy (non-hydrogen) atoms. The van der Waals surface area contributed by atoms with Crippen LogP contribution in [0.15, 0.2) is 54.6 Å². The van der Waals surface area contributed by atoms with Gasteiger partial charge in [0.25, 0.3) is 0 Å². The monoisotopic (exact) mass is 323 g/mol. The van der Waals surface area contributed by atoms with E-state index in [-0.39, 0.29) is 18.0 Å². The molecule has 2 aromatic carbocycles. The van der Waals surface area contributed by atoms with Crippen LogP contribution in [0.1, 0.15) is 30.6 Å². The highest BCUT2D eigenvalue weighted by Gasteiger charge is 2.22. The first-order valence-electron chi connectivity index (χ1n) is 8.68. The van der Waals surface area contributed by atoms with Crippen molar-refractivity contribution in [3.05, 3.63) is 60.2 Å². The van der Waals surface area contributed by atoms with Gasteiger partial charge in [0.2, 0.25) is 0 Å². The quantitative estimate of drug-likeness (QED) is 0.778. The minimum atomic E-state index is 0.210. The van der Waals surface area contributed by atoms with E-state index in [1.807, 2.05) is 42.5 Å². The first-order valence-corrected chi connectivity index (χ1v) is 8.68. The van der Waals surface area contributed by atoms with Gasteiger partial charge in [-0.15, -0.1) is 0 Å². The third-order valence-electron chi connectivity index (χ3n) is 4.46. The molecule has 3 rings (SSSR count). The molecule has 1 aliphatic heterocycles. The first kappa shape index (κ1) is 16.9. The van der Waals surface area contributed by atoms with Gasteiger partial charge in [-0.3, -0.25) is 9.69 Å². The topological polar surface area (TPSA) is 29.5 Å². The molecule has 0 unspecified atom stereocenters. The molecule has 1 saturated heterocycles. The lowest BCUT2D eigenvalue weighted by molar-refractivity contribution is -0.0675. The van der Waals surface area contributed by atoms with Gasteiger partial charge in [0.05, 0.1) is 12.2 Å². The summed E-state index contributed by atoms with van der Waals surface area (Å²) in [5.74, 6) is 0.210. The van der Waals surface area contributed by atoms with Gasteiger partial charge in [0.1, 0.15) is 0 Å². The van der Waals surface area contributed by atoms with Crippen LogP contribution in [0.25, 0.3) is 11.1 Å². The van der Waals surface area contributed by atoms with Crippen molar-refractivity contribution in [1.82, 2.24) is 4.90 Å². The van der Waals surface area contributed by atoms with E-state index >= 15 is 0 Å². The van der Waals surface area contributed by atoms with Crippen LogP contribution in [0.3, 0.4) is 0 Å². The molecule has 3 nitrogen and oxygen atoms in total. The van der Waals surface area contributed by atoms with E-state index in [1.165, 1.54) is 5.56 Å². The third kappa shape index (κ3) is 4.31. The van der Waals surface area contributed by atoms with E-state index in [2.05, 4.69) is 30.9 Å². The Morgan fingerprint density at radius 2 is 1.54 bits per heavy atom. The minimum Gasteiger partial charge on any atom is -0.373 e. The summed E-state index contributed by atoms with van der Waals surface area (Å²) in [5.41, 5.74) is 3.11. The van der Waals surface area contributed by atoms with Crippen molar-refractivity contribution in [3.8, 4) is 11.1 Å². The standard InChI is InChI=1S/C21H25NO2/c1-16-14-22(15-17(2)24-16)13-12-21(23)20-10-8-19(9-11-20)18-6-4-3-5-7-18/h3-11,16-17H,12-15H2,1-2H3/t16-,17-/m0/s1. The van der Waals surface area contributed by atoms with E-state index in [1.54, 1.807) is 0 Å². The highest BCUT2D eigenvalue weighted by atomic mass is 16.5. The van der Waals surface area contributed by atoms with Gasteiger partial charge < -0.3 is 4.74 Å². The van der Waals surface area contributed by atoms with Crippen LogP contribution in [0.2, 0.25) is 0 Å². The number of ether oxygens (including phenoxy) is 1. The van der Waals surface area contributed by atoms with Crippen molar-refractivity contribution < 1.29 is 9.53 Å². The Hall–Kier alpha value is -1.97. The molecule has 1 aliphatic rings. The average molecular weight is 323 g/mol. The maximum Gasteiger partial charge on any atom is 0.164 e. The van der Waals surface area contributed by atoms with Crippen molar-refractivity contribution >= 4 is 5.78 Å². The lowest BCUT2D eigenvalue weighted by Gasteiger charge is -2.35. The molecule has 2 atom stereocenters. The van der Waals surface area contributed by atoms with E-state index in [0.717, 1.165) is 30.8 Å². The van der Waals surface area contributed by atoms with Crippen molar-refractivity contribution in [2.45, 2.75) is 32.5 Å². The van der Waals surface area contributed by atoms with E-state index in [4.69, 9.17) is 4.74 Å². The molecule has 1 fully saturated rings. The summed E-state index contributed by atoms with van der Waals surface area (Å²) < 4.78 is 5.74. The summed E-state index contributed by atoms with van der Waals surface area (Å²) in [7, 11) is 0. The molecule has 0 bridgehead atoms. The van der Waals surface area contributed by atoms with Gasteiger partial charge in [-0.2, -0.15) is 0 Å². The molecule has 0 N–H and O–H groups in total. The molecule has 0 aromatic heterocycles. The highest BCUT2D eigenvalue weighted by molar-refractivity contribution is 5.96. The number of Topliss-reactive ketones (excluding diaryl/α,β-unsaturated/α-hetero) is 1. The van der Waals surface area contributed by atoms with Crippen molar-refractivity contribution in [2.75, 3.05) is 19.6 Å². The van der Waals surface area contributed by atoms with Crippen molar-refractivity contribution in [2.24, 2.45) is 0 Å². The number of benzene rings is 2. The number of morpholine rings is 1. The Kier molecular flexibility index (Phi) is 5.44. The van der Waals surface area contributed by atoms with Crippen molar-refractivity contribution in [1.29, 1.82) is 0 Å². The second kappa shape index (κ2) is 7.73. The molecule has 0 aliphatic carbocycles. The average Bonchev–Trinajstić information content (AvgIpc) is 2.60. The van der Waals surface area contributed by atoms with Crippen LogP contribution in [0.4, 0.5) is 0 Å². The molecular weight excluding hydrogens is 298 g/mol. The van der Waals surface area contributed by atoms with Crippen LogP contribution in [-0.4, -0.2) is 42.5 Å². The van der Waals surface area contributed by atoms with Crippen LogP contribution in [0.5, 0.6) is 0 Å². The maximum atomic E-state index is 12.4. The zero-order valence-electron chi connectivity index (χ0n) is 14.4. The van der Waals surface area contributed by atoms with E-state index < -0.39 is 0 Å². The maximum absolute atomic E-state index is 12.4. The van der Waals surface area contributed by atoms with Gasteiger partial charge in [0, 0.05) is 31.6 Å². The molecule has 0 amide bonds. The number of hydrogen-bond donors (Lipinski definition) is 0. The number of carbonyl (C=O) groups is 1. The fourth-order valence-electron chi connectivity index (χ4n) is 3.35. The number of nitrogens with zero attached hydrogens (tertiary/aromatic N) is 1. The number of rotatable bonds is 5. The van der Waals surface area contributed by atoms with Gasteiger partial charge in [-0.05, 0) is 25.0 Å². The van der Waals surface area contributed by atoms with Crippen LogP contribution in [0, 0.1) is 0 Å². The molecule has 0 radical (unpaired) electrons. The fraction of sp³-hybridized carbons (Fsp3) is 0.381. The predicted molar refractivity (Wildman–Crippen MR) is 97.3 cm³/mol. The summed E-state index contributed by atoms with van der Waals surface area (Å²) in [4.78, 5) is 14.8. The lowest BCUT2D eigenvalue weighted by Crippen LogP contribution is -2.46. The smallest absolute Gasteiger partial charge is 0.164 e. The molecule has 3 heteroatoms. The predicted octanol–water partition coefficient (Wildman–Crippen LogP) is 4.04. The summed E-state index contributed by atoms with van der Waals surface area (Å²) in [6.07, 6.45) is 1.05. The van der Waals surface area contributed by atoms with Crippen molar-refractivity contribution in [3.63, 3.8) is 0 Å². The molecule has 0 spiro atoms. The second-order valence-electron chi connectivity index (χ2n) is 6.63. The normalized spacial score (nSPS) is 21.6. The molecular formula is C21H25NO2. The number of ketones is 1. The number of hydrogen-bond acceptors (Lipinski definition) is 3. The molecule has 2 aromatic rings. The van der Waals surface area contributed by atoms with Crippen LogP contribution in [-0.2, 0) is 4.74 Å². The zero-order chi connectivity index (χ0) is 16.9. The Morgan fingerprint density at radius 1 is 0.958 bits per heavy atom. The van der Waals surface area contributed by atoms with Gasteiger partial charge in [0.15, 0.2) is 5.78 Å². The lowest BCUT2D eigenvalue weighted by atomic mass is 10.0. The fourth-order valence-corrected chi connectivity index (χ4v) is 3.35. The second-order valence-corrected chi connectivity index (χ2v) is 6.63. The van der Waals surface area contributed by atoms with E-state index in [0.29, 0.717) is 6.42 Å². The largest absolute Gasteiger partial charge is 0.373 e. The van der Waals surface area contributed by atoms with Gasteiger partial charge in [-0.1, -0.05) is 54.6 Å². The number of carbonyl (C=O) groups excluding carboxylic acids is 1. The summed E-state index contributed by atoms with van der Waals surface area (Å²) in [6, 6.07) is 18.2. The van der Waals surface area contributed by atoms with Gasteiger partial charge >= 0.3 is 0 Å². The van der Waals surface area contributed by atoms with Gasteiger partial charge in [-0.25, -0.2) is 0 Å². The summed E-state index contributed by atoms with van der Waals surface area (Å²) in [5, 5.41) is 0. The minimum absolute atomic E-state index is 0.210. The van der Waals surface area contributed by atoms with E-state index in [9.17, 15) is 4.79 Å². The van der Waals surface area contributed by atoms with Crippen LogP contribution < -0.4 is 0 Å². The Morgan fingerprint density at radius 3 is 2.17 bits per heavy atom. The summed E-state index contributed by atoms with van der Waals surface area (Å²) >= 11 is 0. The Labute approximate surface area is 144 Å². The highest BCUT2D eigenvalue weighted by Crippen LogP contribution is 2.20. The van der Waals surface area contributed by atoms with Crippen LogP contribution >= 0.6 is 0 Å². The SMILES string of the molecule is C[C@H]1CN(CCC(=O)c2ccc(-c3ccccc3)cc2)C[C@H](C)O1. The zero-order valence-corrected chi connectivity index (χ0v) is 14.4.